The maximum absolute atomic E-state index is 8.53. The maximum atomic E-state index is 8.53. The number of methoxy groups -OCH3 is 1. The number of nitrogens with two attached hydrogens (primary N) is 1. The summed E-state index contributed by atoms with van der Waals surface area (Å²) in [5.41, 5.74) is 6.73. The summed E-state index contributed by atoms with van der Waals surface area (Å²) in [5.74, 6) is 0.255. The number of rotatable bonds is 8. The second-order valence-corrected chi connectivity index (χ2v) is 4.10. The molecule has 0 bridgehead atoms. The van der Waals surface area contributed by atoms with E-state index in [1.165, 1.54) is 5.56 Å². The summed E-state index contributed by atoms with van der Waals surface area (Å²) >= 11 is 0. The van der Waals surface area contributed by atoms with Crippen molar-refractivity contribution in [3.63, 3.8) is 0 Å². The summed E-state index contributed by atoms with van der Waals surface area (Å²) in [6.45, 7) is 3.07. The molecule has 0 radical (unpaired) electrons. The fraction of sp³-hybridized carbons (Fsp3) is 0.462. The molecule has 0 saturated carbocycles. The Bertz CT molecular complexity index is 355. The van der Waals surface area contributed by atoms with Crippen LogP contribution < -0.4 is 5.73 Å². The van der Waals surface area contributed by atoms with Gasteiger partial charge >= 0.3 is 0 Å². The van der Waals surface area contributed by atoms with E-state index in [2.05, 4.69) is 22.2 Å². The Morgan fingerprint density at radius 3 is 2.67 bits per heavy atom. The van der Waals surface area contributed by atoms with Crippen LogP contribution >= 0.6 is 0 Å². The summed E-state index contributed by atoms with van der Waals surface area (Å²) in [5, 5.41) is 11.5. The number of hydrogen-bond donors (Lipinski definition) is 2. The van der Waals surface area contributed by atoms with E-state index >= 15 is 0 Å². The van der Waals surface area contributed by atoms with Crippen molar-refractivity contribution in [2.45, 2.75) is 13.0 Å². The number of oxime groups is 1. The van der Waals surface area contributed by atoms with Gasteiger partial charge < -0.3 is 15.7 Å². The lowest BCUT2D eigenvalue weighted by Crippen LogP contribution is -2.30. The van der Waals surface area contributed by atoms with Gasteiger partial charge in [0.25, 0.3) is 0 Å². The van der Waals surface area contributed by atoms with E-state index < -0.39 is 0 Å². The molecule has 100 valence electrons. The number of ether oxygens (including phenoxy) is 1. The summed E-state index contributed by atoms with van der Waals surface area (Å²) in [7, 11) is 1.68. The summed E-state index contributed by atoms with van der Waals surface area (Å²) in [6, 6.07) is 10.2. The fourth-order valence-electron chi connectivity index (χ4n) is 1.65. The van der Waals surface area contributed by atoms with Crippen LogP contribution in [0.1, 0.15) is 12.0 Å². The predicted octanol–water partition coefficient (Wildman–Crippen LogP) is 1.27. The topological polar surface area (TPSA) is 71.1 Å². The molecule has 5 heteroatoms. The van der Waals surface area contributed by atoms with Gasteiger partial charge in [-0.15, -0.1) is 0 Å². The maximum Gasteiger partial charge on any atom is 0.140 e. The zero-order valence-electron chi connectivity index (χ0n) is 10.7. The SMILES string of the molecule is COCCN(CCC(N)=NO)Cc1ccccc1. The second-order valence-electron chi connectivity index (χ2n) is 4.10. The Labute approximate surface area is 108 Å². The van der Waals surface area contributed by atoms with E-state index in [9.17, 15) is 0 Å². The van der Waals surface area contributed by atoms with Crippen LogP contribution in [-0.4, -0.2) is 42.7 Å². The van der Waals surface area contributed by atoms with Gasteiger partial charge in [-0.25, -0.2) is 0 Å². The van der Waals surface area contributed by atoms with Crippen molar-refractivity contribution >= 4 is 5.84 Å². The van der Waals surface area contributed by atoms with Crippen molar-refractivity contribution in [2.75, 3.05) is 26.8 Å². The van der Waals surface area contributed by atoms with Crippen LogP contribution in [0.15, 0.2) is 35.5 Å². The van der Waals surface area contributed by atoms with Crippen LogP contribution in [0.3, 0.4) is 0 Å². The molecule has 0 fully saturated rings. The molecule has 1 aromatic rings. The van der Waals surface area contributed by atoms with E-state index in [1.54, 1.807) is 7.11 Å². The molecule has 0 aliphatic heterocycles. The first-order chi connectivity index (χ1) is 8.76. The highest BCUT2D eigenvalue weighted by molar-refractivity contribution is 5.79. The molecule has 0 unspecified atom stereocenters. The highest BCUT2D eigenvalue weighted by Gasteiger charge is 2.06. The lowest BCUT2D eigenvalue weighted by molar-refractivity contribution is 0.145. The van der Waals surface area contributed by atoms with Crippen LogP contribution in [0.25, 0.3) is 0 Å². The molecule has 0 atom stereocenters. The molecular weight excluding hydrogens is 230 g/mol. The highest BCUT2D eigenvalue weighted by Crippen LogP contribution is 2.05. The molecule has 5 nitrogen and oxygen atoms in total. The molecule has 0 aromatic heterocycles. The Balaban J connectivity index is 2.49. The quantitative estimate of drug-likeness (QED) is 0.316. The van der Waals surface area contributed by atoms with Crippen molar-refractivity contribution in [1.82, 2.24) is 4.90 Å². The van der Waals surface area contributed by atoms with Gasteiger partial charge in [0, 0.05) is 33.2 Å². The van der Waals surface area contributed by atoms with E-state index in [1.807, 2.05) is 18.2 Å². The predicted molar refractivity (Wildman–Crippen MR) is 71.6 cm³/mol. The van der Waals surface area contributed by atoms with Gasteiger partial charge in [0.15, 0.2) is 0 Å². The first-order valence-electron chi connectivity index (χ1n) is 5.98. The molecule has 3 N–H and O–H groups in total. The van der Waals surface area contributed by atoms with Crippen LogP contribution in [0.2, 0.25) is 0 Å². The largest absolute Gasteiger partial charge is 0.409 e. The molecule has 1 aromatic carbocycles. The van der Waals surface area contributed by atoms with Crippen LogP contribution in [0.5, 0.6) is 0 Å². The lowest BCUT2D eigenvalue weighted by Gasteiger charge is -2.21. The van der Waals surface area contributed by atoms with E-state index in [0.29, 0.717) is 13.0 Å². The van der Waals surface area contributed by atoms with E-state index in [0.717, 1.165) is 19.6 Å². The average Bonchev–Trinajstić information content (AvgIpc) is 2.42. The van der Waals surface area contributed by atoms with Crippen molar-refractivity contribution in [2.24, 2.45) is 10.9 Å². The van der Waals surface area contributed by atoms with Gasteiger partial charge in [0.05, 0.1) is 6.61 Å². The van der Waals surface area contributed by atoms with Crippen molar-refractivity contribution in [1.29, 1.82) is 0 Å². The highest BCUT2D eigenvalue weighted by atomic mass is 16.5. The third-order valence-electron chi connectivity index (χ3n) is 2.67. The first-order valence-corrected chi connectivity index (χ1v) is 5.98. The van der Waals surface area contributed by atoms with Gasteiger partial charge in [0.1, 0.15) is 5.84 Å². The molecule has 0 saturated heterocycles. The molecule has 0 heterocycles. The number of amidine groups is 1. The lowest BCUT2D eigenvalue weighted by atomic mass is 10.2. The monoisotopic (exact) mass is 251 g/mol. The Kier molecular flexibility index (Phi) is 6.83. The van der Waals surface area contributed by atoms with Gasteiger partial charge in [-0.3, -0.25) is 4.90 Å². The van der Waals surface area contributed by atoms with E-state index in [4.69, 9.17) is 15.7 Å². The normalized spacial score (nSPS) is 12.0. The minimum atomic E-state index is 0.255. The minimum Gasteiger partial charge on any atom is -0.409 e. The Morgan fingerprint density at radius 2 is 2.06 bits per heavy atom. The first kappa shape index (κ1) is 14.5. The molecule has 0 aliphatic carbocycles. The summed E-state index contributed by atoms with van der Waals surface area (Å²) in [4.78, 5) is 2.22. The molecule has 18 heavy (non-hydrogen) atoms. The molecule has 1 rings (SSSR count). The molecule has 0 amide bonds. The van der Waals surface area contributed by atoms with Crippen LogP contribution in [0, 0.1) is 0 Å². The third-order valence-corrected chi connectivity index (χ3v) is 2.67. The van der Waals surface area contributed by atoms with Crippen LogP contribution in [-0.2, 0) is 11.3 Å². The number of nitrogens with zero attached hydrogens (tertiary/aromatic N) is 2. The Hall–Kier alpha value is -1.59. The third kappa shape index (κ3) is 5.65. The Morgan fingerprint density at radius 1 is 1.33 bits per heavy atom. The smallest absolute Gasteiger partial charge is 0.140 e. The second kappa shape index (κ2) is 8.49. The molecular formula is C13H21N3O2. The van der Waals surface area contributed by atoms with Gasteiger partial charge in [-0.05, 0) is 5.56 Å². The van der Waals surface area contributed by atoms with Crippen LogP contribution in [0.4, 0.5) is 0 Å². The molecule has 0 aliphatic rings. The molecule has 0 spiro atoms. The zero-order valence-corrected chi connectivity index (χ0v) is 10.7. The van der Waals surface area contributed by atoms with Crippen molar-refractivity contribution < 1.29 is 9.94 Å². The average molecular weight is 251 g/mol. The number of benzene rings is 1. The summed E-state index contributed by atoms with van der Waals surface area (Å²) < 4.78 is 5.09. The fourth-order valence-corrected chi connectivity index (χ4v) is 1.65. The van der Waals surface area contributed by atoms with Crippen molar-refractivity contribution in [3.8, 4) is 0 Å². The van der Waals surface area contributed by atoms with E-state index in [-0.39, 0.29) is 5.84 Å². The van der Waals surface area contributed by atoms with Gasteiger partial charge in [0.2, 0.25) is 0 Å². The standard InChI is InChI=1S/C13H21N3O2/c1-18-10-9-16(8-7-13(14)15-17)11-12-5-3-2-4-6-12/h2-6,17H,7-11H2,1H3,(H2,14,15). The van der Waals surface area contributed by atoms with Gasteiger partial charge in [-0.2, -0.15) is 0 Å². The summed E-state index contributed by atoms with van der Waals surface area (Å²) in [6.07, 6.45) is 0.549. The van der Waals surface area contributed by atoms with Gasteiger partial charge in [-0.1, -0.05) is 35.5 Å². The zero-order chi connectivity index (χ0) is 13.2. The minimum absolute atomic E-state index is 0.255. The number of hydrogen-bond acceptors (Lipinski definition) is 4. The van der Waals surface area contributed by atoms with Crippen molar-refractivity contribution in [3.05, 3.63) is 35.9 Å².